The van der Waals surface area contributed by atoms with Crippen LogP contribution in [0.1, 0.15) is 0 Å². The number of piperazine rings is 1. The number of sulfone groups is 1. The van der Waals surface area contributed by atoms with Gasteiger partial charge in [-0.3, -0.25) is 0 Å². The largest absolute Gasteiger partial charge is 0.369 e. The Balaban J connectivity index is 1.87. The molecule has 1 saturated heterocycles. The number of rotatable bonds is 3. The fourth-order valence-electron chi connectivity index (χ4n) is 2.72. The summed E-state index contributed by atoms with van der Waals surface area (Å²) in [5.41, 5.74) is 0.937. The van der Waals surface area contributed by atoms with E-state index in [1.807, 2.05) is 0 Å². The van der Waals surface area contributed by atoms with Gasteiger partial charge in [0, 0.05) is 37.9 Å². The minimum Gasteiger partial charge on any atom is -0.369 e. The second kappa shape index (κ2) is 6.49. The van der Waals surface area contributed by atoms with Crippen molar-refractivity contribution in [3.63, 3.8) is 0 Å². The summed E-state index contributed by atoms with van der Waals surface area (Å²) in [5, 5.41) is 0. The van der Waals surface area contributed by atoms with Gasteiger partial charge >= 0.3 is 0 Å². The van der Waals surface area contributed by atoms with E-state index in [9.17, 15) is 17.2 Å². The summed E-state index contributed by atoms with van der Waals surface area (Å²) in [7, 11) is -1.89. The van der Waals surface area contributed by atoms with Crippen LogP contribution in [0, 0.1) is 11.6 Å². The van der Waals surface area contributed by atoms with Crippen LogP contribution in [0.4, 0.5) is 14.5 Å². The first-order valence-electron chi connectivity index (χ1n) is 7.61. The molecular weight excluding hydrogens is 334 g/mol. The second-order valence-corrected chi connectivity index (χ2v) is 7.84. The van der Waals surface area contributed by atoms with E-state index in [1.165, 1.54) is 12.1 Å². The molecule has 0 N–H and O–H groups in total. The molecule has 3 rings (SSSR count). The molecule has 1 heterocycles. The molecule has 2 aromatic carbocycles. The Labute approximate surface area is 140 Å². The van der Waals surface area contributed by atoms with Crippen LogP contribution in [0.2, 0.25) is 0 Å². The number of likely N-dealkylation sites (N-methyl/N-ethyl adjacent to an activating group) is 1. The summed E-state index contributed by atoms with van der Waals surface area (Å²) < 4.78 is 51.6. The van der Waals surface area contributed by atoms with Crippen molar-refractivity contribution in [2.45, 2.75) is 9.79 Å². The molecule has 1 aliphatic rings. The lowest BCUT2D eigenvalue weighted by Gasteiger charge is -2.34. The Morgan fingerprint density at radius 2 is 1.38 bits per heavy atom. The van der Waals surface area contributed by atoms with Crippen LogP contribution in [0.3, 0.4) is 0 Å². The lowest BCUT2D eigenvalue weighted by molar-refractivity contribution is 0.313. The number of hydrogen-bond donors (Lipinski definition) is 0. The monoisotopic (exact) mass is 352 g/mol. The molecule has 1 aliphatic heterocycles. The molecule has 2 aromatic rings. The third-order valence-corrected chi connectivity index (χ3v) is 5.91. The Morgan fingerprint density at radius 3 is 1.92 bits per heavy atom. The first-order chi connectivity index (χ1) is 11.4. The van der Waals surface area contributed by atoms with Gasteiger partial charge in [-0.05, 0) is 43.4 Å². The first-order valence-corrected chi connectivity index (χ1v) is 9.09. The van der Waals surface area contributed by atoms with Crippen molar-refractivity contribution < 1.29 is 17.2 Å². The van der Waals surface area contributed by atoms with Gasteiger partial charge in [-0.1, -0.05) is 0 Å². The van der Waals surface area contributed by atoms with E-state index in [0.29, 0.717) is 6.07 Å². The van der Waals surface area contributed by atoms with Crippen LogP contribution in [0.15, 0.2) is 52.3 Å². The highest BCUT2D eigenvalue weighted by Gasteiger charge is 2.20. The quantitative estimate of drug-likeness (QED) is 0.851. The maximum absolute atomic E-state index is 13.3. The van der Waals surface area contributed by atoms with E-state index in [2.05, 4.69) is 16.8 Å². The Kier molecular flexibility index (Phi) is 4.56. The molecule has 0 spiro atoms. The molecule has 7 heteroatoms. The van der Waals surface area contributed by atoms with Crippen molar-refractivity contribution in [1.29, 1.82) is 0 Å². The van der Waals surface area contributed by atoms with Crippen LogP contribution in [-0.4, -0.2) is 46.5 Å². The van der Waals surface area contributed by atoms with Gasteiger partial charge in [-0.25, -0.2) is 17.2 Å². The molecule has 24 heavy (non-hydrogen) atoms. The van der Waals surface area contributed by atoms with E-state index in [0.717, 1.165) is 44.0 Å². The number of hydrogen-bond acceptors (Lipinski definition) is 4. The van der Waals surface area contributed by atoms with Gasteiger partial charge in [0.05, 0.1) is 9.79 Å². The Bertz CT molecular complexity index is 810. The standard InChI is InChI=1S/C17H18F2N2O2S/c1-20-6-8-21(9-7-20)15-2-4-16(5-3-15)24(22,23)17-11-13(18)10-14(19)12-17/h2-5,10-12H,6-9H2,1H3. The van der Waals surface area contributed by atoms with Crippen molar-refractivity contribution in [2.24, 2.45) is 0 Å². The van der Waals surface area contributed by atoms with E-state index >= 15 is 0 Å². The van der Waals surface area contributed by atoms with Crippen molar-refractivity contribution in [3.05, 3.63) is 54.1 Å². The number of benzene rings is 2. The van der Waals surface area contributed by atoms with Gasteiger partial charge in [0.25, 0.3) is 0 Å². The zero-order valence-corrected chi connectivity index (χ0v) is 14.1. The smallest absolute Gasteiger partial charge is 0.206 e. The zero-order chi connectivity index (χ0) is 17.3. The van der Waals surface area contributed by atoms with E-state index < -0.39 is 21.5 Å². The summed E-state index contributed by atoms with van der Waals surface area (Å²) in [6, 6.07) is 8.72. The molecular formula is C17H18F2N2O2S. The highest BCUT2D eigenvalue weighted by atomic mass is 32.2. The predicted octanol–water partition coefficient (Wildman–Crippen LogP) is 2.55. The Morgan fingerprint density at radius 1 is 0.833 bits per heavy atom. The van der Waals surface area contributed by atoms with Gasteiger partial charge in [0.1, 0.15) is 11.6 Å². The van der Waals surface area contributed by atoms with Crippen molar-refractivity contribution in [3.8, 4) is 0 Å². The van der Waals surface area contributed by atoms with Crippen LogP contribution < -0.4 is 4.90 Å². The molecule has 0 aliphatic carbocycles. The molecule has 0 atom stereocenters. The molecule has 0 aromatic heterocycles. The third kappa shape index (κ3) is 3.42. The fourth-order valence-corrected chi connectivity index (χ4v) is 4.02. The number of halogens is 2. The molecule has 0 radical (unpaired) electrons. The number of anilines is 1. The summed E-state index contributed by atoms with van der Waals surface area (Å²) in [4.78, 5) is 4.05. The maximum Gasteiger partial charge on any atom is 0.206 e. The highest BCUT2D eigenvalue weighted by Crippen LogP contribution is 2.25. The number of nitrogens with zero attached hydrogens (tertiary/aromatic N) is 2. The molecule has 1 fully saturated rings. The third-order valence-electron chi connectivity index (χ3n) is 4.16. The maximum atomic E-state index is 13.3. The van der Waals surface area contributed by atoms with Crippen molar-refractivity contribution >= 4 is 15.5 Å². The summed E-state index contributed by atoms with van der Waals surface area (Å²) in [6.45, 7) is 3.64. The van der Waals surface area contributed by atoms with Gasteiger partial charge < -0.3 is 9.80 Å². The Hall–Kier alpha value is -1.99. The average molecular weight is 352 g/mol. The van der Waals surface area contributed by atoms with Crippen molar-refractivity contribution in [1.82, 2.24) is 4.90 Å². The lowest BCUT2D eigenvalue weighted by atomic mass is 10.2. The van der Waals surface area contributed by atoms with Crippen LogP contribution in [0.5, 0.6) is 0 Å². The van der Waals surface area contributed by atoms with Crippen LogP contribution in [0.25, 0.3) is 0 Å². The summed E-state index contributed by atoms with van der Waals surface area (Å²) in [6.07, 6.45) is 0. The predicted molar refractivity (Wildman–Crippen MR) is 88.0 cm³/mol. The average Bonchev–Trinajstić information content (AvgIpc) is 2.55. The SMILES string of the molecule is CN1CCN(c2ccc(S(=O)(=O)c3cc(F)cc(F)c3)cc2)CC1. The van der Waals surface area contributed by atoms with Gasteiger partial charge in [-0.15, -0.1) is 0 Å². The topological polar surface area (TPSA) is 40.6 Å². The van der Waals surface area contributed by atoms with Crippen molar-refractivity contribution in [2.75, 3.05) is 38.1 Å². The molecule has 4 nitrogen and oxygen atoms in total. The van der Waals surface area contributed by atoms with Crippen LogP contribution in [-0.2, 0) is 9.84 Å². The minimum atomic E-state index is -3.95. The fraction of sp³-hybridized carbons (Fsp3) is 0.294. The highest BCUT2D eigenvalue weighted by molar-refractivity contribution is 7.91. The zero-order valence-electron chi connectivity index (χ0n) is 13.2. The van der Waals surface area contributed by atoms with E-state index in [4.69, 9.17) is 0 Å². The summed E-state index contributed by atoms with van der Waals surface area (Å²) in [5.74, 6) is -1.83. The summed E-state index contributed by atoms with van der Waals surface area (Å²) >= 11 is 0. The van der Waals surface area contributed by atoms with Gasteiger partial charge in [0.2, 0.25) is 9.84 Å². The molecule has 128 valence electrons. The first kappa shape index (κ1) is 16.9. The normalized spacial score (nSPS) is 16.4. The van der Waals surface area contributed by atoms with Gasteiger partial charge in [-0.2, -0.15) is 0 Å². The molecule has 0 unspecified atom stereocenters. The lowest BCUT2D eigenvalue weighted by Crippen LogP contribution is -2.44. The molecule has 0 saturated carbocycles. The van der Waals surface area contributed by atoms with E-state index in [-0.39, 0.29) is 9.79 Å². The molecule has 0 amide bonds. The second-order valence-electron chi connectivity index (χ2n) is 5.89. The van der Waals surface area contributed by atoms with Gasteiger partial charge in [0.15, 0.2) is 0 Å². The van der Waals surface area contributed by atoms with Crippen LogP contribution >= 0.6 is 0 Å². The minimum absolute atomic E-state index is 0.0189. The molecule has 0 bridgehead atoms. The van der Waals surface area contributed by atoms with E-state index in [1.54, 1.807) is 12.1 Å².